The Morgan fingerprint density at radius 3 is 2.59 bits per heavy atom. The Balaban J connectivity index is 1.59. The van der Waals surface area contributed by atoms with E-state index in [1.807, 2.05) is 48.7 Å². The molecule has 0 spiro atoms. The molecule has 0 unspecified atom stereocenters. The molecule has 0 aliphatic rings. The Hall–Kier alpha value is -2.66. The van der Waals surface area contributed by atoms with Crippen LogP contribution in [0.1, 0.15) is 37.7 Å². The molecule has 5 heteroatoms. The first kappa shape index (κ1) is 19.1. The van der Waals surface area contributed by atoms with E-state index in [1.165, 1.54) is 5.56 Å². The molecule has 0 aliphatic carbocycles. The summed E-state index contributed by atoms with van der Waals surface area (Å²) in [6.07, 6.45) is 0. The van der Waals surface area contributed by atoms with E-state index < -0.39 is 0 Å². The quantitative estimate of drug-likeness (QED) is 0.610. The predicted octanol–water partition coefficient (Wildman–Crippen LogP) is 4.92. The lowest BCUT2D eigenvalue weighted by Crippen LogP contribution is -2.26. The predicted molar refractivity (Wildman–Crippen MR) is 109 cm³/mol. The molecule has 0 aliphatic heterocycles. The number of nitrogens with zero attached hydrogens (tertiary/aromatic N) is 2. The summed E-state index contributed by atoms with van der Waals surface area (Å²) in [7, 11) is 1.80. The van der Waals surface area contributed by atoms with Crippen LogP contribution in [0, 0.1) is 20.8 Å². The van der Waals surface area contributed by atoms with Crippen LogP contribution in [0.25, 0.3) is 0 Å². The van der Waals surface area contributed by atoms with Crippen molar-refractivity contribution in [2.24, 2.45) is 0 Å². The van der Waals surface area contributed by atoms with Gasteiger partial charge in [0.15, 0.2) is 0 Å². The number of amides is 1. The van der Waals surface area contributed by atoms with Gasteiger partial charge in [0.1, 0.15) is 17.4 Å². The molecule has 1 heterocycles. The molecular weight excluding hydrogens is 356 g/mol. The lowest BCUT2D eigenvalue weighted by Gasteiger charge is -2.16. The number of carbonyl (C=O) groups is 1. The number of aromatic nitrogens is 1. The SMILES string of the molecule is Cc1ccc(C(=O)N(C)Cc2csc(COc3cccc(C)c3C)n2)cc1. The second-order valence-electron chi connectivity index (χ2n) is 6.75. The van der Waals surface area contributed by atoms with E-state index in [0.717, 1.165) is 27.6 Å². The highest BCUT2D eigenvalue weighted by Crippen LogP contribution is 2.22. The van der Waals surface area contributed by atoms with Gasteiger partial charge in [0.25, 0.3) is 5.91 Å². The van der Waals surface area contributed by atoms with Crippen molar-refractivity contribution in [3.63, 3.8) is 0 Å². The monoisotopic (exact) mass is 380 g/mol. The average molecular weight is 381 g/mol. The van der Waals surface area contributed by atoms with Gasteiger partial charge in [-0.05, 0) is 50.1 Å². The minimum absolute atomic E-state index is 0.00353. The molecule has 0 atom stereocenters. The zero-order valence-electron chi connectivity index (χ0n) is 16.2. The minimum Gasteiger partial charge on any atom is -0.486 e. The molecule has 0 fully saturated rings. The summed E-state index contributed by atoms with van der Waals surface area (Å²) in [5.74, 6) is 0.884. The third-order valence-corrected chi connectivity index (χ3v) is 5.42. The van der Waals surface area contributed by atoms with Crippen LogP contribution in [-0.4, -0.2) is 22.8 Å². The Morgan fingerprint density at radius 1 is 1.11 bits per heavy atom. The lowest BCUT2D eigenvalue weighted by atomic mass is 10.1. The molecule has 27 heavy (non-hydrogen) atoms. The van der Waals surface area contributed by atoms with Crippen molar-refractivity contribution >= 4 is 17.2 Å². The van der Waals surface area contributed by atoms with E-state index >= 15 is 0 Å². The van der Waals surface area contributed by atoms with Crippen LogP contribution in [0.5, 0.6) is 5.75 Å². The second-order valence-corrected chi connectivity index (χ2v) is 7.69. The van der Waals surface area contributed by atoms with Gasteiger partial charge in [-0.2, -0.15) is 0 Å². The molecule has 0 bridgehead atoms. The first-order chi connectivity index (χ1) is 12.9. The number of hydrogen-bond donors (Lipinski definition) is 0. The van der Waals surface area contributed by atoms with Gasteiger partial charge in [0.2, 0.25) is 0 Å². The van der Waals surface area contributed by atoms with Crippen molar-refractivity contribution in [2.75, 3.05) is 7.05 Å². The smallest absolute Gasteiger partial charge is 0.253 e. The number of thiazole rings is 1. The summed E-state index contributed by atoms with van der Waals surface area (Å²) < 4.78 is 5.92. The molecule has 0 radical (unpaired) electrons. The number of rotatable bonds is 6. The van der Waals surface area contributed by atoms with Crippen molar-refractivity contribution in [3.8, 4) is 5.75 Å². The van der Waals surface area contributed by atoms with Crippen LogP contribution >= 0.6 is 11.3 Å². The molecule has 3 rings (SSSR count). The summed E-state index contributed by atoms with van der Waals surface area (Å²) >= 11 is 1.56. The molecule has 0 N–H and O–H groups in total. The van der Waals surface area contributed by atoms with Crippen molar-refractivity contribution in [3.05, 3.63) is 80.8 Å². The second kappa shape index (κ2) is 8.35. The van der Waals surface area contributed by atoms with Gasteiger partial charge in [-0.25, -0.2) is 4.98 Å². The van der Waals surface area contributed by atoms with Crippen LogP contribution in [-0.2, 0) is 13.2 Å². The maximum atomic E-state index is 12.5. The van der Waals surface area contributed by atoms with E-state index in [4.69, 9.17) is 4.74 Å². The van der Waals surface area contributed by atoms with Crippen LogP contribution < -0.4 is 4.74 Å². The molecule has 4 nitrogen and oxygen atoms in total. The number of carbonyl (C=O) groups excluding carboxylic acids is 1. The van der Waals surface area contributed by atoms with Gasteiger partial charge in [-0.15, -0.1) is 11.3 Å². The topological polar surface area (TPSA) is 42.4 Å². The van der Waals surface area contributed by atoms with Gasteiger partial charge in [-0.1, -0.05) is 29.8 Å². The normalized spacial score (nSPS) is 10.7. The zero-order valence-corrected chi connectivity index (χ0v) is 17.0. The van der Waals surface area contributed by atoms with Crippen molar-refractivity contribution in [1.82, 2.24) is 9.88 Å². The lowest BCUT2D eigenvalue weighted by molar-refractivity contribution is 0.0783. The first-order valence-electron chi connectivity index (χ1n) is 8.88. The third kappa shape index (κ3) is 4.74. The third-order valence-electron chi connectivity index (χ3n) is 4.55. The largest absolute Gasteiger partial charge is 0.486 e. The Labute approximate surface area is 164 Å². The molecule has 140 valence electrons. The molecule has 0 saturated carbocycles. The Morgan fingerprint density at radius 2 is 1.85 bits per heavy atom. The van der Waals surface area contributed by atoms with Crippen molar-refractivity contribution in [2.45, 2.75) is 33.9 Å². The van der Waals surface area contributed by atoms with Gasteiger partial charge < -0.3 is 9.64 Å². The molecule has 1 aromatic heterocycles. The fourth-order valence-electron chi connectivity index (χ4n) is 2.74. The van der Waals surface area contributed by atoms with Gasteiger partial charge in [0, 0.05) is 18.0 Å². The molecule has 1 amide bonds. The van der Waals surface area contributed by atoms with Crippen LogP contribution in [0.15, 0.2) is 47.8 Å². The van der Waals surface area contributed by atoms with E-state index in [0.29, 0.717) is 18.7 Å². The van der Waals surface area contributed by atoms with Gasteiger partial charge in [0.05, 0.1) is 12.2 Å². The first-order valence-corrected chi connectivity index (χ1v) is 9.76. The number of benzene rings is 2. The molecule has 3 aromatic rings. The van der Waals surface area contributed by atoms with E-state index in [-0.39, 0.29) is 5.91 Å². The maximum Gasteiger partial charge on any atom is 0.253 e. The van der Waals surface area contributed by atoms with Gasteiger partial charge >= 0.3 is 0 Å². The number of hydrogen-bond acceptors (Lipinski definition) is 4. The highest BCUT2D eigenvalue weighted by Gasteiger charge is 2.14. The summed E-state index contributed by atoms with van der Waals surface area (Å²) in [6, 6.07) is 13.7. The summed E-state index contributed by atoms with van der Waals surface area (Å²) in [5, 5.41) is 2.89. The highest BCUT2D eigenvalue weighted by atomic mass is 32.1. The fraction of sp³-hybridized carbons (Fsp3) is 0.273. The van der Waals surface area contributed by atoms with Crippen LogP contribution in [0.2, 0.25) is 0 Å². The maximum absolute atomic E-state index is 12.5. The van der Waals surface area contributed by atoms with Crippen LogP contribution in [0.3, 0.4) is 0 Å². The highest BCUT2D eigenvalue weighted by molar-refractivity contribution is 7.09. The van der Waals surface area contributed by atoms with Gasteiger partial charge in [-0.3, -0.25) is 4.79 Å². The van der Waals surface area contributed by atoms with Crippen molar-refractivity contribution in [1.29, 1.82) is 0 Å². The van der Waals surface area contributed by atoms with E-state index in [1.54, 1.807) is 23.3 Å². The summed E-state index contributed by atoms with van der Waals surface area (Å²) in [6.45, 7) is 7.06. The Bertz CT molecular complexity index is 932. The molecular formula is C22H24N2O2S. The van der Waals surface area contributed by atoms with Crippen LogP contribution in [0.4, 0.5) is 0 Å². The summed E-state index contributed by atoms with van der Waals surface area (Å²) in [4.78, 5) is 18.8. The molecule has 2 aromatic carbocycles. The standard InChI is InChI=1S/C22H24N2O2S/c1-15-8-10-18(11-9-15)22(25)24(4)12-19-14-27-21(23-19)13-26-20-7-5-6-16(2)17(20)3/h5-11,14H,12-13H2,1-4H3. The number of ether oxygens (including phenoxy) is 1. The van der Waals surface area contributed by atoms with E-state index in [9.17, 15) is 4.79 Å². The van der Waals surface area contributed by atoms with E-state index in [2.05, 4.69) is 24.9 Å². The fourth-order valence-corrected chi connectivity index (χ4v) is 3.44. The Kier molecular flexibility index (Phi) is 5.91. The van der Waals surface area contributed by atoms with Crippen molar-refractivity contribution < 1.29 is 9.53 Å². The average Bonchev–Trinajstić information content (AvgIpc) is 3.10. The number of aryl methyl sites for hydroxylation is 2. The zero-order chi connectivity index (χ0) is 19.4. The summed E-state index contributed by atoms with van der Waals surface area (Å²) in [5.41, 5.74) is 5.07. The minimum atomic E-state index is -0.00353. The molecule has 0 saturated heterocycles.